The summed E-state index contributed by atoms with van der Waals surface area (Å²) in [4.78, 5) is -0.719. The van der Waals surface area contributed by atoms with Gasteiger partial charge in [-0.3, -0.25) is 4.18 Å². The Morgan fingerprint density at radius 1 is 1.11 bits per heavy atom. The summed E-state index contributed by atoms with van der Waals surface area (Å²) in [5.41, 5.74) is -1.16. The summed E-state index contributed by atoms with van der Waals surface area (Å²) in [6.07, 6.45) is -10.4. The molecule has 2 aromatic carbocycles. The number of halogens is 4. The normalized spacial score (nSPS) is 25.3. The van der Waals surface area contributed by atoms with Crippen molar-refractivity contribution in [3.05, 3.63) is 70.3 Å². The van der Waals surface area contributed by atoms with E-state index in [0.717, 1.165) is 21.8 Å². The van der Waals surface area contributed by atoms with Crippen LogP contribution in [-0.2, 0) is 30.0 Å². The van der Waals surface area contributed by atoms with Crippen LogP contribution in [0.1, 0.15) is 5.56 Å². The van der Waals surface area contributed by atoms with Crippen molar-refractivity contribution in [2.24, 2.45) is 0 Å². The van der Waals surface area contributed by atoms with Crippen molar-refractivity contribution in [1.82, 2.24) is 0 Å². The molecule has 0 saturated carbocycles. The predicted octanol–water partition coefficient (Wildman–Crippen LogP) is 3.11. The Balaban J connectivity index is 1.78. The van der Waals surface area contributed by atoms with Crippen molar-refractivity contribution in [3.8, 4) is 5.75 Å². The molecule has 0 radical (unpaired) electrons. The minimum absolute atomic E-state index is 0.0504. The predicted molar refractivity (Wildman–Crippen MR) is 125 cm³/mol. The lowest BCUT2D eigenvalue weighted by atomic mass is 9.99. The molecular formula is C22H22F3IO8S. The fourth-order valence-corrected chi connectivity index (χ4v) is 4.54. The van der Waals surface area contributed by atoms with Crippen LogP contribution in [0.2, 0.25) is 0 Å². The Labute approximate surface area is 213 Å². The molecule has 0 aliphatic carbocycles. The molecule has 2 N–H and O–H groups in total. The van der Waals surface area contributed by atoms with Crippen molar-refractivity contribution in [1.29, 1.82) is 0 Å². The van der Waals surface area contributed by atoms with Gasteiger partial charge >= 0.3 is 6.18 Å². The first-order chi connectivity index (χ1) is 16.4. The zero-order chi connectivity index (χ0) is 25.8. The number of ether oxygens (including phenoxy) is 3. The second-order valence-electron chi connectivity index (χ2n) is 7.45. The van der Waals surface area contributed by atoms with E-state index in [2.05, 4.69) is 29.2 Å². The van der Waals surface area contributed by atoms with Crippen LogP contribution in [0, 0.1) is 3.57 Å². The quantitative estimate of drug-likeness (QED) is 0.247. The Bertz CT molecular complexity index is 1110. The SMILES string of the molecule is C=CCO[C@@H]1[C@@H](O)[C@H](Oc2ccc(I)cc2)O[C@H](COS(=O)(=O)c2cccc(C(F)(F)F)c2)[C@H]1O. The minimum atomic E-state index is -4.75. The highest BCUT2D eigenvalue weighted by Gasteiger charge is 2.47. The first-order valence-corrected chi connectivity index (χ1v) is 12.6. The van der Waals surface area contributed by atoms with E-state index in [1.54, 1.807) is 24.3 Å². The van der Waals surface area contributed by atoms with Gasteiger partial charge in [-0.05, 0) is 65.1 Å². The lowest BCUT2D eigenvalue weighted by Crippen LogP contribution is -2.61. The van der Waals surface area contributed by atoms with Gasteiger partial charge in [0.05, 0.1) is 23.7 Å². The van der Waals surface area contributed by atoms with Gasteiger partial charge < -0.3 is 24.4 Å². The summed E-state index contributed by atoms with van der Waals surface area (Å²) in [5.74, 6) is 0.324. The van der Waals surface area contributed by atoms with Crippen LogP contribution in [0.25, 0.3) is 0 Å². The Morgan fingerprint density at radius 3 is 2.43 bits per heavy atom. The van der Waals surface area contributed by atoms with Gasteiger partial charge in [0, 0.05) is 3.57 Å². The molecule has 0 amide bonds. The summed E-state index contributed by atoms with van der Waals surface area (Å²) in [6.45, 7) is 2.66. The summed E-state index contributed by atoms with van der Waals surface area (Å²) in [6, 6.07) is 9.77. The molecule has 8 nitrogen and oxygen atoms in total. The standard InChI is InChI=1S/C22H22F3IO8S/c1-2-10-31-20-18(27)17(34-21(19(20)28)33-15-8-6-14(26)7-9-15)12-32-35(29,30)16-5-3-4-13(11-16)22(23,24)25/h2-9,11,17-21,27-28H,1,10,12H2/t17-,18-,19-,20+,21-/m1/s1. The molecule has 35 heavy (non-hydrogen) atoms. The fraction of sp³-hybridized carbons (Fsp3) is 0.364. The molecule has 5 atom stereocenters. The highest BCUT2D eigenvalue weighted by molar-refractivity contribution is 14.1. The van der Waals surface area contributed by atoms with Gasteiger partial charge in [-0.15, -0.1) is 6.58 Å². The number of hydrogen-bond donors (Lipinski definition) is 2. The smallest absolute Gasteiger partial charge is 0.416 e. The molecule has 1 heterocycles. The van der Waals surface area contributed by atoms with E-state index in [0.29, 0.717) is 11.8 Å². The summed E-state index contributed by atoms with van der Waals surface area (Å²) in [7, 11) is -4.65. The van der Waals surface area contributed by atoms with Crippen molar-refractivity contribution in [3.63, 3.8) is 0 Å². The van der Waals surface area contributed by atoms with Gasteiger partial charge in [-0.1, -0.05) is 12.1 Å². The van der Waals surface area contributed by atoms with Crippen LogP contribution in [0.3, 0.4) is 0 Å². The molecule has 13 heteroatoms. The van der Waals surface area contributed by atoms with Crippen molar-refractivity contribution < 1.29 is 50.2 Å². The minimum Gasteiger partial charge on any atom is -0.462 e. The van der Waals surface area contributed by atoms with Crippen LogP contribution < -0.4 is 4.74 Å². The average molecular weight is 630 g/mol. The Hall–Kier alpha value is -1.75. The summed E-state index contributed by atoms with van der Waals surface area (Å²) >= 11 is 2.09. The van der Waals surface area contributed by atoms with E-state index < -0.39 is 64.1 Å². The molecule has 1 fully saturated rings. The molecule has 1 saturated heterocycles. The van der Waals surface area contributed by atoms with Gasteiger partial charge in [-0.25, -0.2) is 0 Å². The summed E-state index contributed by atoms with van der Waals surface area (Å²) in [5, 5.41) is 21.3. The molecule has 0 bridgehead atoms. The van der Waals surface area contributed by atoms with Crippen LogP contribution in [0.4, 0.5) is 13.2 Å². The fourth-order valence-electron chi connectivity index (χ4n) is 3.21. The third-order valence-corrected chi connectivity index (χ3v) is 6.95. The van der Waals surface area contributed by atoms with Crippen LogP contribution in [0.5, 0.6) is 5.75 Å². The summed E-state index contributed by atoms with van der Waals surface area (Å²) < 4.78 is 86.4. The second kappa shape index (κ2) is 11.5. The third kappa shape index (κ3) is 7.15. The molecule has 0 aromatic heterocycles. The van der Waals surface area contributed by atoms with E-state index in [-0.39, 0.29) is 6.61 Å². The highest BCUT2D eigenvalue weighted by atomic mass is 127. The topological polar surface area (TPSA) is 112 Å². The Morgan fingerprint density at radius 2 is 1.80 bits per heavy atom. The Kier molecular flexibility index (Phi) is 9.17. The van der Waals surface area contributed by atoms with Crippen LogP contribution in [-0.4, -0.2) is 62.6 Å². The largest absolute Gasteiger partial charge is 0.462 e. The van der Waals surface area contributed by atoms with E-state index in [1.807, 2.05) is 0 Å². The van der Waals surface area contributed by atoms with Crippen molar-refractivity contribution in [2.75, 3.05) is 13.2 Å². The van der Waals surface area contributed by atoms with E-state index in [1.165, 1.54) is 6.08 Å². The number of rotatable bonds is 9. The molecular weight excluding hydrogens is 608 g/mol. The van der Waals surface area contributed by atoms with Gasteiger partial charge in [0.25, 0.3) is 10.1 Å². The first-order valence-electron chi connectivity index (χ1n) is 10.2. The number of aliphatic hydroxyl groups excluding tert-OH is 2. The number of benzene rings is 2. The average Bonchev–Trinajstić information content (AvgIpc) is 2.81. The zero-order valence-electron chi connectivity index (χ0n) is 18.0. The molecule has 192 valence electrons. The van der Waals surface area contributed by atoms with Gasteiger partial charge in [0.2, 0.25) is 6.29 Å². The number of hydrogen-bond acceptors (Lipinski definition) is 8. The van der Waals surface area contributed by atoms with Crippen LogP contribution >= 0.6 is 22.6 Å². The molecule has 2 aromatic rings. The maximum Gasteiger partial charge on any atom is 0.416 e. The maximum absolute atomic E-state index is 13.0. The lowest BCUT2D eigenvalue weighted by Gasteiger charge is -2.41. The zero-order valence-corrected chi connectivity index (χ0v) is 20.9. The number of alkyl halides is 3. The number of aliphatic hydroxyl groups is 2. The molecule has 0 unspecified atom stereocenters. The third-order valence-electron chi connectivity index (χ3n) is 4.95. The monoisotopic (exact) mass is 630 g/mol. The van der Waals surface area contributed by atoms with Gasteiger partial charge in [0.15, 0.2) is 0 Å². The van der Waals surface area contributed by atoms with Crippen LogP contribution in [0.15, 0.2) is 66.1 Å². The molecule has 1 aliphatic heterocycles. The van der Waals surface area contributed by atoms with Crippen molar-refractivity contribution in [2.45, 2.75) is 41.8 Å². The maximum atomic E-state index is 13.0. The van der Waals surface area contributed by atoms with E-state index in [4.69, 9.17) is 18.4 Å². The van der Waals surface area contributed by atoms with E-state index in [9.17, 15) is 31.8 Å². The highest BCUT2D eigenvalue weighted by Crippen LogP contribution is 2.31. The lowest BCUT2D eigenvalue weighted by molar-refractivity contribution is -0.283. The van der Waals surface area contributed by atoms with E-state index >= 15 is 0 Å². The molecule has 1 aliphatic rings. The van der Waals surface area contributed by atoms with Gasteiger partial charge in [0.1, 0.15) is 30.2 Å². The molecule has 0 spiro atoms. The van der Waals surface area contributed by atoms with Gasteiger partial charge in [-0.2, -0.15) is 21.6 Å². The second-order valence-corrected chi connectivity index (χ2v) is 10.3. The van der Waals surface area contributed by atoms with Crippen molar-refractivity contribution >= 4 is 32.7 Å². The molecule has 3 rings (SSSR count). The first kappa shape index (κ1) is 27.8.